The molecule has 5 heteroatoms. The van der Waals surface area contributed by atoms with Crippen LogP contribution in [0.15, 0.2) is 29.4 Å². The van der Waals surface area contributed by atoms with Crippen LogP contribution in [0.4, 0.5) is 0 Å². The number of pyridine rings is 1. The van der Waals surface area contributed by atoms with Gasteiger partial charge in [-0.3, -0.25) is 4.79 Å². The Labute approximate surface area is 104 Å². The second kappa shape index (κ2) is 7.57. The molecule has 88 valence electrons. The van der Waals surface area contributed by atoms with Gasteiger partial charge in [0.05, 0.1) is 5.92 Å². The maximum Gasteiger partial charge on any atom is 0.308 e. The third kappa shape index (κ3) is 5.42. The lowest BCUT2D eigenvalue weighted by molar-refractivity contribution is -0.146. The fraction of sp³-hybridized carbons (Fsp3) is 0.455. The number of nitrogens with zero attached hydrogens (tertiary/aromatic N) is 1. The van der Waals surface area contributed by atoms with E-state index in [-0.39, 0.29) is 11.9 Å². The van der Waals surface area contributed by atoms with Gasteiger partial charge in [0, 0.05) is 11.9 Å². The van der Waals surface area contributed by atoms with E-state index >= 15 is 0 Å². The van der Waals surface area contributed by atoms with Crippen molar-refractivity contribution in [3.63, 3.8) is 0 Å². The molecule has 16 heavy (non-hydrogen) atoms. The van der Waals surface area contributed by atoms with Crippen LogP contribution in [0.1, 0.15) is 13.8 Å². The van der Waals surface area contributed by atoms with Crippen molar-refractivity contribution in [3.8, 4) is 0 Å². The second-order valence-corrected chi connectivity index (χ2v) is 5.83. The van der Waals surface area contributed by atoms with E-state index in [1.807, 2.05) is 32.0 Å². The summed E-state index contributed by atoms with van der Waals surface area (Å²) in [5.74, 6) is 0.594. The van der Waals surface area contributed by atoms with Gasteiger partial charge in [-0.25, -0.2) is 4.98 Å². The average Bonchev–Trinajstić information content (AvgIpc) is 2.29. The Morgan fingerprint density at radius 3 is 2.94 bits per heavy atom. The monoisotopic (exact) mass is 257 g/mol. The van der Waals surface area contributed by atoms with Crippen molar-refractivity contribution in [1.82, 2.24) is 4.98 Å². The highest BCUT2D eigenvalue weighted by Gasteiger charge is 2.07. The number of carbonyl (C=O) groups is 1. The van der Waals surface area contributed by atoms with Gasteiger partial charge >= 0.3 is 5.97 Å². The summed E-state index contributed by atoms with van der Waals surface area (Å²) in [5, 5.41) is 0.975. The first-order valence-electron chi connectivity index (χ1n) is 5.07. The molecule has 0 amide bonds. The van der Waals surface area contributed by atoms with Gasteiger partial charge in [0.1, 0.15) is 11.6 Å². The standard InChI is InChI=1S/C11H15NO2S2/c1-9(2)11(13)14-7-8-15-16-10-5-3-4-6-12-10/h3-6,9H,7-8H2,1-2H3. The quantitative estimate of drug-likeness (QED) is 0.445. The van der Waals surface area contributed by atoms with Crippen molar-refractivity contribution in [1.29, 1.82) is 0 Å². The van der Waals surface area contributed by atoms with Crippen molar-refractivity contribution < 1.29 is 9.53 Å². The molecule has 0 bridgehead atoms. The summed E-state index contributed by atoms with van der Waals surface area (Å²) in [6.07, 6.45) is 1.77. The Kier molecular flexibility index (Phi) is 6.33. The molecule has 0 radical (unpaired) electrons. The van der Waals surface area contributed by atoms with E-state index in [2.05, 4.69) is 4.98 Å². The van der Waals surface area contributed by atoms with Gasteiger partial charge in [0.25, 0.3) is 0 Å². The van der Waals surface area contributed by atoms with E-state index in [1.54, 1.807) is 27.8 Å². The SMILES string of the molecule is CC(C)C(=O)OCCSSc1ccccn1. The molecule has 0 aliphatic rings. The largest absolute Gasteiger partial charge is 0.465 e. The summed E-state index contributed by atoms with van der Waals surface area (Å²) in [6.45, 7) is 4.12. The normalized spacial score (nSPS) is 10.4. The molecule has 0 saturated heterocycles. The molecule has 0 saturated carbocycles. The summed E-state index contributed by atoms with van der Waals surface area (Å²) in [5.41, 5.74) is 0. The minimum absolute atomic E-state index is 0.0477. The number of hydrogen-bond acceptors (Lipinski definition) is 5. The Hall–Kier alpha value is -0.680. The van der Waals surface area contributed by atoms with Gasteiger partial charge in [-0.2, -0.15) is 0 Å². The first-order valence-corrected chi connectivity index (χ1v) is 7.39. The van der Waals surface area contributed by atoms with E-state index in [9.17, 15) is 4.79 Å². The van der Waals surface area contributed by atoms with Crippen LogP contribution in [0.5, 0.6) is 0 Å². The molecule has 0 N–H and O–H groups in total. The van der Waals surface area contributed by atoms with Crippen LogP contribution in [0, 0.1) is 5.92 Å². The molecule has 0 fully saturated rings. The van der Waals surface area contributed by atoms with Crippen LogP contribution >= 0.6 is 21.6 Å². The average molecular weight is 257 g/mol. The van der Waals surface area contributed by atoms with Crippen molar-refractivity contribution in [3.05, 3.63) is 24.4 Å². The van der Waals surface area contributed by atoms with E-state index < -0.39 is 0 Å². The predicted octanol–water partition coefficient (Wildman–Crippen LogP) is 3.02. The van der Waals surface area contributed by atoms with Crippen molar-refractivity contribution in [2.24, 2.45) is 5.92 Å². The molecule has 1 rings (SSSR count). The number of carbonyl (C=O) groups excluding carboxylic acids is 1. The molecule has 0 aliphatic carbocycles. The Morgan fingerprint density at radius 1 is 1.50 bits per heavy atom. The zero-order valence-electron chi connectivity index (χ0n) is 9.38. The highest BCUT2D eigenvalue weighted by Crippen LogP contribution is 2.28. The molecule has 0 aliphatic heterocycles. The van der Waals surface area contributed by atoms with Crippen LogP contribution < -0.4 is 0 Å². The van der Waals surface area contributed by atoms with Gasteiger partial charge in [-0.1, -0.05) is 30.7 Å². The number of esters is 1. The summed E-state index contributed by atoms with van der Waals surface area (Å²) < 4.78 is 5.05. The zero-order valence-corrected chi connectivity index (χ0v) is 11.0. The highest BCUT2D eigenvalue weighted by molar-refractivity contribution is 8.76. The summed E-state index contributed by atoms with van der Waals surface area (Å²) in [7, 11) is 3.23. The van der Waals surface area contributed by atoms with Gasteiger partial charge in [0.15, 0.2) is 0 Å². The molecule has 1 aromatic heterocycles. The van der Waals surface area contributed by atoms with Crippen LogP contribution in [0.25, 0.3) is 0 Å². The number of aromatic nitrogens is 1. The third-order valence-corrected chi connectivity index (χ3v) is 3.89. The minimum Gasteiger partial charge on any atom is -0.465 e. The number of hydrogen-bond donors (Lipinski definition) is 0. The first-order chi connectivity index (χ1) is 7.70. The smallest absolute Gasteiger partial charge is 0.308 e. The van der Waals surface area contributed by atoms with Crippen LogP contribution in [0.3, 0.4) is 0 Å². The van der Waals surface area contributed by atoms with E-state index in [4.69, 9.17) is 4.74 Å². The predicted molar refractivity (Wildman–Crippen MR) is 68.3 cm³/mol. The van der Waals surface area contributed by atoms with Crippen LogP contribution in [0.2, 0.25) is 0 Å². The zero-order chi connectivity index (χ0) is 11.8. The third-order valence-electron chi connectivity index (χ3n) is 1.66. The van der Waals surface area contributed by atoms with Gasteiger partial charge < -0.3 is 4.74 Å². The maximum atomic E-state index is 11.1. The summed E-state index contributed by atoms with van der Waals surface area (Å²) >= 11 is 0. The van der Waals surface area contributed by atoms with E-state index in [0.29, 0.717) is 6.61 Å². The van der Waals surface area contributed by atoms with Crippen molar-refractivity contribution in [2.45, 2.75) is 18.9 Å². The second-order valence-electron chi connectivity index (χ2n) is 3.40. The number of ether oxygens (including phenoxy) is 1. The van der Waals surface area contributed by atoms with E-state index in [0.717, 1.165) is 10.8 Å². The van der Waals surface area contributed by atoms with Gasteiger partial charge in [0.2, 0.25) is 0 Å². The van der Waals surface area contributed by atoms with Crippen LogP contribution in [-0.4, -0.2) is 23.3 Å². The van der Waals surface area contributed by atoms with Gasteiger partial charge in [-0.05, 0) is 22.9 Å². The lowest BCUT2D eigenvalue weighted by atomic mass is 10.2. The highest BCUT2D eigenvalue weighted by atomic mass is 33.1. The van der Waals surface area contributed by atoms with Gasteiger partial charge in [-0.15, -0.1) is 0 Å². The van der Waals surface area contributed by atoms with Crippen molar-refractivity contribution >= 4 is 27.6 Å². The molecule has 0 aromatic carbocycles. The minimum atomic E-state index is -0.136. The molecule has 0 atom stereocenters. The fourth-order valence-electron chi connectivity index (χ4n) is 0.841. The lowest BCUT2D eigenvalue weighted by Crippen LogP contribution is -2.13. The molecule has 0 unspecified atom stereocenters. The molecule has 1 aromatic rings. The lowest BCUT2D eigenvalue weighted by Gasteiger charge is -2.06. The number of rotatable bonds is 6. The molecule has 0 spiro atoms. The van der Waals surface area contributed by atoms with Crippen LogP contribution in [-0.2, 0) is 9.53 Å². The Morgan fingerprint density at radius 2 is 2.31 bits per heavy atom. The fourth-order valence-corrected chi connectivity index (χ4v) is 2.55. The Balaban J connectivity index is 2.07. The first kappa shape index (κ1) is 13.4. The summed E-state index contributed by atoms with van der Waals surface area (Å²) in [6, 6.07) is 5.80. The summed E-state index contributed by atoms with van der Waals surface area (Å²) in [4.78, 5) is 15.3. The molecular weight excluding hydrogens is 242 g/mol. The topological polar surface area (TPSA) is 39.2 Å². The molecule has 3 nitrogen and oxygen atoms in total. The maximum absolute atomic E-state index is 11.1. The van der Waals surface area contributed by atoms with Crippen molar-refractivity contribution in [2.75, 3.05) is 12.4 Å². The molecular formula is C11H15NO2S2. The van der Waals surface area contributed by atoms with E-state index in [1.165, 1.54) is 0 Å². The Bertz CT molecular complexity index is 317. The molecule has 1 heterocycles.